The standard InChI is InChI=1S/C11H17N3O2S/c1-8(6-10(12)13-16)14(2)11(15)7-9-4-3-5-17-9/h3-5,8,16H,6-7H2,1-2H3,(H2,12,13). The molecule has 0 aliphatic heterocycles. The maximum atomic E-state index is 11.9. The van der Waals surface area contributed by atoms with Crippen molar-refractivity contribution in [1.29, 1.82) is 0 Å². The van der Waals surface area contributed by atoms with Crippen molar-refractivity contribution in [3.63, 3.8) is 0 Å². The van der Waals surface area contributed by atoms with Crippen molar-refractivity contribution in [2.75, 3.05) is 7.05 Å². The minimum absolute atomic E-state index is 0.0330. The summed E-state index contributed by atoms with van der Waals surface area (Å²) in [6, 6.07) is 3.77. The van der Waals surface area contributed by atoms with E-state index in [0.29, 0.717) is 12.8 Å². The van der Waals surface area contributed by atoms with Gasteiger partial charge < -0.3 is 15.8 Å². The predicted molar refractivity (Wildman–Crippen MR) is 68.3 cm³/mol. The number of amidine groups is 1. The van der Waals surface area contributed by atoms with E-state index in [1.54, 1.807) is 23.3 Å². The molecule has 6 heteroatoms. The molecular formula is C11H17N3O2S. The Labute approximate surface area is 105 Å². The number of amides is 1. The molecule has 0 aliphatic carbocycles. The first kappa shape index (κ1) is 13.5. The second-order valence-electron chi connectivity index (χ2n) is 3.91. The molecule has 94 valence electrons. The van der Waals surface area contributed by atoms with Crippen molar-refractivity contribution in [2.24, 2.45) is 10.9 Å². The fraction of sp³-hybridized carbons (Fsp3) is 0.455. The quantitative estimate of drug-likeness (QED) is 0.360. The molecule has 1 heterocycles. The number of nitrogens with two attached hydrogens (primary N) is 1. The molecule has 0 spiro atoms. The van der Waals surface area contributed by atoms with Crippen molar-refractivity contribution in [3.05, 3.63) is 22.4 Å². The number of carbonyl (C=O) groups is 1. The van der Waals surface area contributed by atoms with Crippen LogP contribution in [0.3, 0.4) is 0 Å². The highest BCUT2D eigenvalue weighted by molar-refractivity contribution is 7.10. The normalized spacial score (nSPS) is 13.4. The minimum Gasteiger partial charge on any atom is -0.409 e. The Hall–Kier alpha value is -1.56. The molecule has 1 aromatic rings. The molecular weight excluding hydrogens is 238 g/mol. The van der Waals surface area contributed by atoms with Crippen LogP contribution in [0.15, 0.2) is 22.7 Å². The van der Waals surface area contributed by atoms with Crippen LogP contribution in [0, 0.1) is 0 Å². The second kappa shape index (κ2) is 6.24. The highest BCUT2D eigenvalue weighted by Gasteiger charge is 2.17. The molecule has 1 atom stereocenters. The summed E-state index contributed by atoms with van der Waals surface area (Å²) in [6.07, 6.45) is 0.762. The smallest absolute Gasteiger partial charge is 0.227 e. The summed E-state index contributed by atoms with van der Waals surface area (Å²) in [6.45, 7) is 1.87. The zero-order valence-corrected chi connectivity index (χ0v) is 10.8. The number of nitrogens with zero attached hydrogens (tertiary/aromatic N) is 2. The van der Waals surface area contributed by atoms with Crippen LogP contribution in [0.2, 0.25) is 0 Å². The summed E-state index contributed by atoms with van der Waals surface area (Å²) >= 11 is 1.56. The molecule has 17 heavy (non-hydrogen) atoms. The van der Waals surface area contributed by atoms with Gasteiger partial charge in [0.1, 0.15) is 5.84 Å². The van der Waals surface area contributed by atoms with E-state index in [9.17, 15) is 4.79 Å². The zero-order valence-electron chi connectivity index (χ0n) is 9.96. The van der Waals surface area contributed by atoms with Crippen LogP contribution in [-0.2, 0) is 11.2 Å². The van der Waals surface area contributed by atoms with Crippen molar-refractivity contribution in [1.82, 2.24) is 4.90 Å². The maximum Gasteiger partial charge on any atom is 0.227 e. The number of carbonyl (C=O) groups excluding carboxylic acids is 1. The fourth-order valence-corrected chi connectivity index (χ4v) is 2.11. The highest BCUT2D eigenvalue weighted by atomic mass is 32.1. The van der Waals surface area contributed by atoms with Crippen LogP contribution in [0.1, 0.15) is 18.2 Å². The van der Waals surface area contributed by atoms with Gasteiger partial charge in [-0.15, -0.1) is 11.3 Å². The van der Waals surface area contributed by atoms with Crippen LogP contribution < -0.4 is 5.73 Å². The van der Waals surface area contributed by atoms with Crippen molar-refractivity contribution in [2.45, 2.75) is 25.8 Å². The highest BCUT2D eigenvalue weighted by Crippen LogP contribution is 2.12. The lowest BCUT2D eigenvalue weighted by Gasteiger charge is -2.24. The molecule has 0 aliphatic rings. The monoisotopic (exact) mass is 255 g/mol. The molecule has 0 aromatic carbocycles. The molecule has 1 rings (SSSR count). The summed E-state index contributed by atoms with van der Waals surface area (Å²) in [5.74, 6) is 0.166. The van der Waals surface area contributed by atoms with Gasteiger partial charge in [-0.2, -0.15) is 0 Å². The lowest BCUT2D eigenvalue weighted by Crippen LogP contribution is -2.38. The summed E-state index contributed by atoms with van der Waals surface area (Å²) < 4.78 is 0. The molecule has 1 aromatic heterocycles. The summed E-state index contributed by atoms with van der Waals surface area (Å²) in [7, 11) is 1.73. The number of hydrogen-bond acceptors (Lipinski definition) is 4. The molecule has 3 N–H and O–H groups in total. The SMILES string of the molecule is CC(C/C(N)=N/O)N(C)C(=O)Cc1cccs1. The molecule has 0 radical (unpaired) electrons. The summed E-state index contributed by atoms with van der Waals surface area (Å²) in [5.41, 5.74) is 5.41. The molecule has 0 bridgehead atoms. The van der Waals surface area contributed by atoms with Gasteiger partial charge in [-0.25, -0.2) is 0 Å². The third-order valence-electron chi connectivity index (χ3n) is 2.59. The van der Waals surface area contributed by atoms with Crippen LogP contribution in [0.25, 0.3) is 0 Å². The predicted octanol–water partition coefficient (Wildman–Crippen LogP) is 1.27. The average Bonchev–Trinajstić information content (AvgIpc) is 2.80. The van der Waals surface area contributed by atoms with Crippen molar-refractivity contribution >= 4 is 23.1 Å². The first-order valence-electron chi connectivity index (χ1n) is 5.29. The van der Waals surface area contributed by atoms with E-state index in [2.05, 4.69) is 5.16 Å². The van der Waals surface area contributed by atoms with Crippen LogP contribution in [-0.4, -0.2) is 34.9 Å². The third-order valence-corrected chi connectivity index (χ3v) is 3.47. The molecule has 5 nitrogen and oxygen atoms in total. The van der Waals surface area contributed by atoms with Gasteiger partial charge in [-0.3, -0.25) is 4.79 Å². The zero-order chi connectivity index (χ0) is 12.8. The van der Waals surface area contributed by atoms with E-state index in [1.807, 2.05) is 24.4 Å². The minimum atomic E-state index is -0.0848. The molecule has 0 fully saturated rings. The van der Waals surface area contributed by atoms with E-state index in [4.69, 9.17) is 10.9 Å². The topological polar surface area (TPSA) is 78.9 Å². The van der Waals surface area contributed by atoms with Crippen molar-refractivity contribution < 1.29 is 10.0 Å². The van der Waals surface area contributed by atoms with Gasteiger partial charge in [0.25, 0.3) is 0 Å². The van der Waals surface area contributed by atoms with Gasteiger partial charge in [0, 0.05) is 24.4 Å². The molecule has 0 saturated carbocycles. The second-order valence-corrected chi connectivity index (χ2v) is 4.94. The fourth-order valence-electron chi connectivity index (χ4n) is 1.41. The first-order valence-corrected chi connectivity index (χ1v) is 6.17. The van der Waals surface area contributed by atoms with Gasteiger partial charge in [0.15, 0.2) is 0 Å². The van der Waals surface area contributed by atoms with Gasteiger partial charge >= 0.3 is 0 Å². The number of likely N-dealkylation sites (N-methyl/N-ethyl adjacent to an activating group) is 1. The van der Waals surface area contributed by atoms with E-state index in [1.165, 1.54) is 0 Å². The summed E-state index contributed by atoms with van der Waals surface area (Å²) in [5, 5.41) is 13.3. The maximum absolute atomic E-state index is 11.9. The molecule has 0 saturated heterocycles. The van der Waals surface area contributed by atoms with E-state index >= 15 is 0 Å². The van der Waals surface area contributed by atoms with Gasteiger partial charge in [-0.1, -0.05) is 11.2 Å². The van der Waals surface area contributed by atoms with E-state index < -0.39 is 0 Å². The van der Waals surface area contributed by atoms with E-state index in [0.717, 1.165) is 4.88 Å². The van der Waals surface area contributed by atoms with Crippen LogP contribution >= 0.6 is 11.3 Å². The Morgan fingerprint density at radius 3 is 2.94 bits per heavy atom. The van der Waals surface area contributed by atoms with E-state index in [-0.39, 0.29) is 17.8 Å². The number of thiophene rings is 1. The Morgan fingerprint density at radius 2 is 2.41 bits per heavy atom. The largest absolute Gasteiger partial charge is 0.409 e. The van der Waals surface area contributed by atoms with Gasteiger partial charge in [-0.05, 0) is 18.4 Å². The Bertz CT molecular complexity index is 389. The van der Waals surface area contributed by atoms with Crippen LogP contribution in [0.4, 0.5) is 0 Å². The lowest BCUT2D eigenvalue weighted by atomic mass is 10.2. The van der Waals surface area contributed by atoms with Crippen LogP contribution in [0.5, 0.6) is 0 Å². The Kier molecular flexibility index (Phi) is 4.96. The number of hydrogen-bond donors (Lipinski definition) is 2. The summed E-state index contributed by atoms with van der Waals surface area (Å²) in [4.78, 5) is 14.6. The third kappa shape index (κ3) is 4.07. The lowest BCUT2D eigenvalue weighted by molar-refractivity contribution is -0.130. The first-order chi connectivity index (χ1) is 8.04. The Balaban J connectivity index is 2.51. The molecule has 1 amide bonds. The Morgan fingerprint density at radius 1 is 1.71 bits per heavy atom. The number of oxime groups is 1. The van der Waals surface area contributed by atoms with Gasteiger partial charge in [0.05, 0.1) is 6.42 Å². The van der Waals surface area contributed by atoms with Crippen molar-refractivity contribution in [3.8, 4) is 0 Å². The average molecular weight is 255 g/mol. The van der Waals surface area contributed by atoms with Gasteiger partial charge in [0.2, 0.25) is 5.91 Å². The number of rotatable bonds is 5. The molecule has 1 unspecified atom stereocenters.